The van der Waals surface area contributed by atoms with Gasteiger partial charge in [0.1, 0.15) is 5.82 Å². The molecule has 0 bridgehead atoms. The van der Waals surface area contributed by atoms with Gasteiger partial charge in [0.25, 0.3) is 0 Å². The number of hydrogen-bond acceptors (Lipinski definition) is 2. The Morgan fingerprint density at radius 2 is 1.91 bits per heavy atom. The van der Waals surface area contributed by atoms with Crippen LogP contribution in [0.4, 0.5) is 10.1 Å². The Morgan fingerprint density at radius 1 is 1.17 bits per heavy atom. The van der Waals surface area contributed by atoms with E-state index in [0.717, 1.165) is 28.3 Å². The number of nitrogens with one attached hydrogen (secondary N) is 2. The molecule has 2 aromatic carbocycles. The maximum Gasteiger partial charge on any atom is 0.171 e. The first-order valence-electron chi connectivity index (χ1n) is 7.59. The molecule has 0 radical (unpaired) electrons. The number of fused-ring (bicyclic) bond motifs is 1. The Morgan fingerprint density at radius 3 is 2.65 bits per heavy atom. The SMILES string of the molecule is Cc1cc(C)cc(NC(=S)N[C@@H]2CCSc3ccc(F)cc32)c1. The first-order valence-corrected chi connectivity index (χ1v) is 8.99. The lowest BCUT2D eigenvalue weighted by Gasteiger charge is -2.27. The number of anilines is 1. The van der Waals surface area contributed by atoms with E-state index in [1.54, 1.807) is 17.8 Å². The molecule has 3 rings (SSSR count). The van der Waals surface area contributed by atoms with Gasteiger partial charge in [0.05, 0.1) is 6.04 Å². The maximum atomic E-state index is 13.6. The van der Waals surface area contributed by atoms with Crippen molar-refractivity contribution in [1.82, 2.24) is 5.32 Å². The zero-order valence-corrected chi connectivity index (χ0v) is 14.8. The monoisotopic (exact) mass is 346 g/mol. The van der Waals surface area contributed by atoms with E-state index in [1.165, 1.54) is 17.2 Å². The smallest absolute Gasteiger partial charge is 0.171 e. The predicted molar refractivity (Wildman–Crippen MR) is 99.8 cm³/mol. The number of thiocarbonyl (C=S) groups is 1. The van der Waals surface area contributed by atoms with Crippen molar-refractivity contribution in [1.29, 1.82) is 0 Å². The van der Waals surface area contributed by atoms with Crippen molar-refractivity contribution in [2.45, 2.75) is 31.2 Å². The highest BCUT2D eigenvalue weighted by atomic mass is 32.2. The summed E-state index contributed by atoms with van der Waals surface area (Å²) in [7, 11) is 0. The lowest BCUT2D eigenvalue weighted by Crippen LogP contribution is -2.34. The van der Waals surface area contributed by atoms with Crippen LogP contribution in [0.25, 0.3) is 0 Å². The third kappa shape index (κ3) is 4.03. The van der Waals surface area contributed by atoms with Crippen LogP contribution in [0.5, 0.6) is 0 Å². The highest BCUT2D eigenvalue weighted by molar-refractivity contribution is 7.99. The van der Waals surface area contributed by atoms with Crippen LogP contribution in [0.1, 0.15) is 29.2 Å². The molecular weight excluding hydrogens is 327 g/mol. The second-order valence-corrected chi connectivity index (χ2v) is 7.39. The summed E-state index contributed by atoms with van der Waals surface area (Å²) in [6.45, 7) is 4.12. The molecule has 2 N–H and O–H groups in total. The van der Waals surface area contributed by atoms with Gasteiger partial charge in [0.15, 0.2) is 5.11 Å². The predicted octanol–water partition coefficient (Wildman–Crippen LogP) is 4.97. The van der Waals surface area contributed by atoms with Crippen molar-refractivity contribution in [2.75, 3.05) is 11.1 Å². The largest absolute Gasteiger partial charge is 0.356 e. The van der Waals surface area contributed by atoms with Gasteiger partial charge in [0.2, 0.25) is 0 Å². The fourth-order valence-electron chi connectivity index (χ4n) is 2.89. The molecule has 23 heavy (non-hydrogen) atoms. The van der Waals surface area contributed by atoms with Gasteiger partial charge < -0.3 is 10.6 Å². The van der Waals surface area contributed by atoms with E-state index in [9.17, 15) is 4.39 Å². The first-order chi connectivity index (χ1) is 11.0. The van der Waals surface area contributed by atoms with Gasteiger partial charge in [-0.05, 0) is 79.5 Å². The van der Waals surface area contributed by atoms with Crippen molar-refractivity contribution in [3.8, 4) is 0 Å². The van der Waals surface area contributed by atoms with Crippen molar-refractivity contribution >= 4 is 34.8 Å². The molecule has 0 saturated carbocycles. The Balaban J connectivity index is 1.73. The Hall–Kier alpha value is -1.59. The molecule has 2 nitrogen and oxygen atoms in total. The summed E-state index contributed by atoms with van der Waals surface area (Å²) in [5.74, 6) is 0.800. The van der Waals surface area contributed by atoms with Crippen LogP contribution in [0, 0.1) is 19.7 Å². The molecule has 0 fully saturated rings. The van der Waals surface area contributed by atoms with E-state index in [4.69, 9.17) is 12.2 Å². The van der Waals surface area contributed by atoms with E-state index >= 15 is 0 Å². The number of halogens is 1. The topological polar surface area (TPSA) is 24.1 Å². The Bertz CT molecular complexity index is 726. The van der Waals surface area contributed by atoms with Gasteiger partial charge in [-0.25, -0.2) is 4.39 Å². The van der Waals surface area contributed by atoms with Crippen LogP contribution in [0.2, 0.25) is 0 Å². The minimum atomic E-state index is -0.203. The van der Waals surface area contributed by atoms with Gasteiger partial charge in [0, 0.05) is 16.3 Å². The standard InChI is InChI=1S/C18H19FN2S2/c1-11-7-12(2)9-14(8-11)20-18(22)21-16-5-6-23-17-4-3-13(19)10-15(16)17/h3-4,7-10,16H,5-6H2,1-2H3,(H2,20,21,22)/t16-/m1/s1. The molecule has 0 saturated heterocycles. The summed E-state index contributed by atoms with van der Waals surface area (Å²) in [6, 6.07) is 11.3. The second-order valence-electron chi connectivity index (χ2n) is 5.85. The third-order valence-electron chi connectivity index (χ3n) is 3.80. The van der Waals surface area contributed by atoms with E-state index in [0.29, 0.717) is 5.11 Å². The van der Waals surface area contributed by atoms with Crippen molar-refractivity contribution in [3.63, 3.8) is 0 Å². The quantitative estimate of drug-likeness (QED) is 0.750. The highest BCUT2D eigenvalue weighted by Gasteiger charge is 2.22. The molecule has 1 heterocycles. The van der Waals surface area contributed by atoms with Crippen LogP contribution in [0.15, 0.2) is 41.3 Å². The van der Waals surface area contributed by atoms with Crippen LogP contribution in [-0.4, -0.2) is 10.9 Å². The molecule has 0 spiro atoms. The second kappa shape index (κ2) is 6.89. The average Bonchev–Trinajstić information content (AvgIpc) is 2.46. The van der Waals surface area contributed by atoms with E-state index in [-0.39, 0.29) is 11.9 Å². The van der Waals surface area contributed by atoms with Crippen LogP contribution >= 0.6 is 24.0 Å². The van der Waals surface area contributed by atoms with Gasteiger partial charge in [-0.1, -0.05) is 6.07 Å². The minimum absolute atomic E-state index is 0.0489. The molecule has 1 aliphatic heterocycles. The summed E-state index contributed by atoms with van der Waals surface area (Å²) in [5.41, 5.74) is 4.35. The van der Waals surface area contributed by atoms with Crippen LogP contribution in [-0.2, 0) is 0 Å². The van der Waals surface area contributed by atoms with Crippen molar-refractivity contribution < 1.29 is 4.39 Å². The molecule has 120 valence electrons. The number of benzene rings is 2. The first kappa shape index (κ1) is 16.3. The van der Waals surface area contributed by atoms with Crippen molar-refractivity contribution in [2.24, 2.45) is 0 Å². The molecule has 5 heteroatoms. The molecule has 0 unspecified atom stereocenters. The molecule has 2 aromatic rings. The fraction of sp³-hybridized carbons (Fsp3) is 0.278. The molecule has 0 amide bonds. The summed E-state index contributed by atoms with van der Waals surface area (Å²) in [4.78, 5) is 1.13. The van der Waals surface area contributed by atoms with Gasteiger partial charge in [-0.2, -0.15) is 0 Å². The fourth-order valence-corrected chi connectivity index (χ4v) is 4.25. The Labute approximate surface area is 145 Å². The van der Waals surface area contributed by atoms with E-state index < -0.39 is 0 Å². The average molecular weight is 346 g/mol. The Kier molecular flexibility index (Phi) is 4.87. The lowest BCUT2D eigenvalue weighted by molar-refractivity contribution is 0.587. The zero-order valence-electron chi connectivity index (χ0n) is 13.2. The summed E-state index contributed by atoms with van der Waals surface area (Å²) in [6.07, 6.45) is 0.926. The lowest BCUT2D eigenvalue weighted by atomic mass is 10.0. The van der Waals surface area contributed by atoms with E-state index in [2.05, 4.69) is 42.7 Å². The van der Waals surface area contributed by atoms with Gasteiger partial charge in [-0.3, -0.25) is 0 Å². The maximum absolute atomic E-state index is 13.6. The van der Waals surface area contributed by atoms with Gasteiger partial charge >= 0.3 is 0 Å². The summed E-state index contributed by atoms with van der Waals surface area (Å²) in [5, 5.41) is 7.14. The zero-order chi connectivity index (χ0) is 16.4. The molecule has 1 atom stereocenters. The highest BCUT2D eigenvalue weighted by Crippen LogP contribution is 2.36. The molecule has 0 aliphatic carbocycles. The summed E-state index contributed by atoms with van der Waals surface area (Å²) < 4.78 is 13.6. The third-order valence-corrected chi connectivity index (χ3v) is 5.14. The van der Waals surface area contributed by atoms with Crippen LogP contribution in [0.3, 0.4) is 0 Å². The van der Waals surface area contributed by atoms with E-state index in [1.807, 2.05) is 6.07 Å². The normalized spacial score (nSPS) is 16.6. The number of hydrogen-bond donors (Lipinski definition) is 2. The number of thioether (sulfide) groups is 1. The summed E-state index contributed by atoms with van der Waals surface area (Å²) >= 11 is 7.21. The van der Waals surface area contributed by atoms with Gasteiger partial charge in [-0.15, -0.1) is 11.8 Å². The minimum Gasteiger partial charge on any atom is -0.356 e. The molecule has 1 aliphatic rings. The molecule has 0 aromatic heterocycles. The number of aryl methyl sites for hydroxylation is 2. The van der Waals surface area contributed by atoms with Crippen LogP contribution < -0.4 is 10.6 Å². The molecular formula is C18H19FN2S2. The number of rotatable bonds is 2. The van der Waals surface area contributed by atoms with Crippen molar-refractivity contribution in [3.05, 3.63) is 58.9 Å².